The van der Waals surface area contributed by atoms with Crippen LogP contribution in [0.3, 0.4) is 0 Å². The van der Waals surface area contributed by atoms with E-state index in [-0.39, 0.29) is 49.7 Å². The van der Waals surface area contributed by atoms with Crippen LogP contribution in [0.5, 0.6) is 0 Å². The van der Waals surface area contributed by atoms with Crippen molar-refractivity contribution in [2.45, 2.75) is 45.7 Å². The van der Waals surface area contributed by atoms with Gasteiger partial charge < -0.3 is 25.3 Å². The summed E-state index contributed by atoms with van der Waals surface area (Å²) in [5.74, 6) is 1.01. The number of rotatable bonds is 13. The van der Waals surface area contributed by atoms with E-state index in [1.165, 1.54) is 0 Å². The number of imidazole rings is 1. The van der Waals surface area contributed by atoms with Crippen LogP contribution in [0.1, 0.15) is 33.0 Å². The van der Waals surface area contributed by atoms with Gasteiger partial charge in [0.2, 0.25) is 5.91 Å². The van der Waals surface area contributed by atoms with E-state index in [2.05, 4.69) is 10.2 Å². The van der Waals surface area contributed by atoms with Crippen LogP contribution >= 0.6 is 48.0 Å². The highest BCUT2D eigenvalue weighted by Crippen LogP contribution is 2.23. The number of carbonyl (C=O) groups is 2. The first kappa shape index (κ1) is 33.5. The predicted octanol–water partition coefficient (Wildman–Crippen LogP) is 3.66. The summed E-state index contributed by atoms with van der Waals surface area (Å²) in [5, 5.41) is 2.76. The molecule has 2 rings (SSSR count). The van der Waals surface area contributed by atoms with Gasteiger partial charge >= 0.3 is 5.97 Å². The summed E-state index contributed by atoms with van der Waals surface area (Å²) in [4.78, 5) is 32.0. The third-order valence-corrected chi connectivity index (χ3v) is 5.71. The summed E-state index contributed by atoms with van der Waals surface area (Å²) in [6.45, 7) is 7.27. The van der Waals surface area contributed by atoms with E-state index in [9.17, 15) is 9.59 Å². The molecular weight excluding hydrogens is 536 g/mol. The van der Waals surface area contributed by atoms with E-state index in [0.29, 0.717) is 37.1 Å². The Bertz CT molecular complexity index is 935. The molecule has 200 valence electrons. The zero-order valence-corrected chi connectivity index (χ0v) is 23.8. The average molecular weight is 573 g/mol. The molecule has 0 aliphatic heterocycles. The molecule has 1 aromatic carbocycles. The van der Waals surface area contributed by atoms with Crippen molar-refractivity contribution in [3.63, 3.8) is 0 Å². The van der Waals surface area contributed by atoms with Crippen LogP contribution in [-0.2, 0) is 27.8 Å². The van der Waals surface area contributed by atoms with Crippen LogP contribution < -0.4 is 16.0 Å². The number of alkyl halides is 2. The molecular formula is C23H37Cl4N5O3. The molecule has 0 aliphatic rings. The number of amides is 1. The zero-order valence-electron chi connectivity index (χ0n) is 20.6. The number of ether oxygens (including phenoxy) is 1. The molecule has 2 atom stereocenters. The number of nitrogens with zero attached hydrogens (tertiary/aromatic N) is 3. The van der Waals surface area contributed by atoms with Crippen molar-refractivity contribution in [1.29, 1.82) is 0 Å². The topological polar surface area (TPSA) is 102 Å². The minimum Gasteiger partial charge on any atom is -0.464 e. The number of esters is 1. The number of nitrogens with two attached hydrogens (primary N) is 1. The lowest BCUT2D eigenvalue weighted by Gasteiger charge is -2.22. The van der Waals surface area contributed by atoms with Crippen LogP contribution in [0.2, 0.25) is 0 Å². The lowest BCUT2D eigenvalue weighted by atomic mass is 10.0. The third kappa shape index (κ3) is 9.50. The van der Waals surface area contributed by atoms with Crippen LogP contribution in [0, 0.1) is 5.92 Å². The van der Waals surface area contributed by atoms with Gasteiger partial charge in [-0.15, -0.1) is 48.0 Å². The summed E-state index contributed by atoms with van der Waals surface area (Å²) >= 11 is 11.9. The van der Waals surface area contributed by atoms with Gasteiger partial charge in [-0.1, -0.05) is 13.8 Å². The summed E-state index contributed by atoms with van der Waals surface area (Å²) in [6.07, 6.45) is 0.712. The fourth-order valence-electron chi connectivity index (χ4n) is 3.70. The summed E-state index contributed by atoms with van der Waals surface area (Å²) in [7, 11) is 1.88. The van der Waals surface area contributed by atoms with Gasteiger partial charge in [-0.2, -0.15) is 0 Å². The van der Waals surface area contributed by atoms with Gasteiger partial charge in [0.1, 0.15) is 11.9 Å². The summed E-state index contributed by atoms with van der Waals surface area (Å²) in [6, 6.07) is 4.39. The number of benzene rings is 1. The minimum absolute atomic E-state index is 0. The SMILES string of the molecule is CCOC(=O)[C@H](Cc1nc2cc(N(CCCl)CCCl)ccc2n1C)NC(=O)[C@@H](N)CC(C)C.Cl.Cl. The molecule has 3 N–H and O–H groups in total. The lowest BCUT2D eigenvalue weighted by Crippen LogP contribution is -2.50. The molecule has 2 aromatic rings. The largest absolute Gasteiger partial charge is 0.464 e. The first-order chi connectivity index (χ1) is 15.7. The molecule has 1 heterocycles. The number of carbonyl (C=O) groups excluding carboxylic acids is 2. The molecule has 0 saturated heterocycles. The molecule has 0 unspecified atom stereocenters. The van der Waals surface area contributed by atoms with Gasteiger partial charge in [0.15, 0.2) is 0 Å². The minimum atomic E-state index is -0.880. The zero-order chi connectivity index (χ0) is 24.5. The van der Waals surface area contributed by atoms with Gasteiger partial charge in [0, 0.05) is 44.0 Å². The molecule has 0 radical (unpaired) electrons. The Balaban J connectivity index is 0.00000578. The monoisotopic (exact) mass is 571 g/mol. The maximum atomic E-state index is 12.6. The van der Waals surface area contributed by atoms with Crippen molar-refractivity contribution in [1.82, 2.24) is 14.9 Å². The number of aromatic nitrogens is 2. The van der Waals surface area contributed by atoms with Gasteiger partial charge in [-0.3, -0.25) is 4.79 Å². The molecule has 12 heteroatoms. The molecule has 0 aliphatic carbocycles. The molecule has 35 heavy (non-hydrogen) atoms. The molecule has 0 saturated carbocycles. The van der Waals surface area contributed by atoms with E-state index in [4.69, 9.17) is 38.7 Å². The Hall–Kier alpha value is -1.45. The van der Waals surface area contributed by atoms with Crippen LogP contribution in [0.15, 0.2) is 18.2 Å². The molecule has 1 aromatic heterocycles. The third-order valence-electron chi connectivity index (χ3n) is 5.37. The van der Waals surface area contributed by atoms with Gasteiger partial charge in [0.05, 0.1) is 23.7 Å². The van der Waals surface area contributed by atoms with Crippen molar-refractivity contribution in [2.75, 3.05) is 36.4 Å². The highest BCUT2D eigenvalue weighted by molar-refractivity contribution is 6.18. The van der Waals surface area contributed by atoms with Gasteiger partial charge in [-0.05, 0) is 37.5 Å². The summed E-state index contributed by atoms with van der Waals surface area (Å²) < 4.78 is 7.11. The van der Waals surface area contributed by atoms with Crippen LogP contribution in [-0.4, -0.2) is 65.0 Å². The maximum Gasteiger partial charge on any atom is 0.329 e. The van der Waals surface area contributed by atoms with Gasteiger partial charge in [-0.25, -0.2) is 9.78 Å². The van der Waals surface area contributed by atoms with Crippen LogP contribution in [0.4, 0.5) is 5.69 Å². The van der Waals surface area contributed by atoms with E-state index in [1.807, 2.05) is 43.7 Å². The molecule has 0 spiro atoms. The molecule has 1 amide bonds. The lowest BCUT2D eigenvalue weighted by molar-refractivity contribution is -0.147. The number of nitrogens with one attached hydrogen (secondary N) is 1. The van der Waals surface area contributed by atoms with Crippen molar-refractivity contribution >= 4 is 76.6 Å². The Morgan fingerprint density at radius 1 is 1.20 bits per heavy atom. The Labute approximate surface area is 230 Å². The van der Waals surface area contributed by atoms with Crippen LogP contribution in [0.25, 0.3) is 11.0 Å². The van der Waals surface area contributed by atoms with E-state index < -0.39 is 18.1 Å². The highest BCUT2D eigenvalue weighted by Gasteiger charge is 2.27. The first-order valence-corrected chi connectivity index (χ1v) is 12.3. The number of fused-ring (bicyclic) bond motifs is 1. The standard InChI is InChI=1S/C23H35Cl2N5O3.2ClH/c1-5-33-23(32)19(28-22(31)17(26)12-15(2)3)14-21-27-18-13-16(6-7-20(18)29(21)4)30(10-8-24)11-9-25;;/h6-7,13,15,17,19H,5,8-12,14,26H2,1-4H3,(H,28,31);2*1H/t17-,19-;;/m0../s1. The van der Waals surface area contributed by atoms with Crippen molar-refractivity contribution in [3.05, 3.63) is 24.0 Å². The second kappa shape index (κ2) is 16.3. The van der Waals surface area contributed by atoms with Crippen molar-refractivity contribution in [2.24, 2.45) is 18.7 Å². The smallest absolute Gasteiger partial charge is 0.329 e. The van der Waals surface area contributed by atoms with Crippen molar-refractivity contribution in [3.8, 4) is 0 Å². The Kier molecular flexibility index (Phi) is 15.6. The second-order valence-electron chi connectivity index (χ2n) is 8.38. The summed E-state index contributed by atoms with van der Waals surface area (Å²) in [5.41, 5.74) is 8.68. The van der Waals surface area contributed by atoms with E-state index in [1.54, 1.807) is 6.92 Å². The number of anilines is 1. The fraction of sp³-hybridized carbons (Fsp3) is 0.609. The number of hydrogen-bond donors (Lipinski definition) is 2. The molecule has 8 nitrogen and oxygen atoms in total. The van der Waals surface area contributed by atoms with Gasteiger partial charge in [0.25, 0.3) is 0 Å². The highest BCUT2D eigenvalue weighted by atomic mass is 35.5. The maximum absolute atomic E-state index is 12.6. The second-order valence-corrected chi connectivity index (χ2v) is 9.13. The van der Waals surface area contributed by atoms with E-state index in [0.717, 1.165) is 16.7 Å². The predicted molar refractivity (Wildman–Crippen MR) is 149 cm³/mol. The molecule has 0 fully saturated rings. The normalized spacial score (nSPS) is 12.5. The van der Waals surface area contributed by atoms with E-state index >= 15 is 0 Å². The number of halogens is 4. The van der Waals surface area contributed by atoms with Crippen molar-refractivity contribution < 1.29 is 14.3 Å². The Morgan fingerprint density at radius 3 is 2.37 bits per heavy atom. The first-order valence-electron chi connectivity index (χ1n) is 11.3. The quantitative estimate of drug-likeness (QED) is 0.280. The number of hydrogen-bond acceptors (Lipinski definition) is 6. The molecule has 0 bridgehead atoms. The average Bonchev–Trinajstić information content (AvgIpc) is 3.07. The Morgan fingerprint density at radius 2 is 1.83 bits per heavy atom. The fourth-order valence-corrected chi connectivity index (χ4v) is 4.11. The number of aryl methyl sites for hydroxylation is 1.